The van der Waals surface area contributed by atoms with E-state index in [1.165, 1.54) is 12.4 Å². The highest BCUT2D eigenvalue weighted by molar-refractivity contribution is 5.80. The van der Waals surface area contributed by atoms with Gasteiger partial charge < -0.3 is 14.8 Å². The molecule has 0 amide bonds. The van der Waals surface area contributed by atoms with E-state index in [2.05, 4.69) is 9.97 Å². The molecule has 0 radical (unpaired) electrons. The van der Waals surface area contributed by atoms with Gasteiger partial charge >= 0.3 is 6.18 Å². The Kier molecular flexibility index (Phi) is 3.91. The van der Waals surface area contributed by atoms with Crippen LogP contribution in [0, 0.1) is 0 Å². The summed E-state index contributed by atoms with van der Waals surface area (Å²) in [6.07, 6.45) is -0.783. The lowest BCUT2D eigenvalue weighted by Crippen LogP contribution is -2.12. The van der Waals surface area contributed by atoms with Crippen LogP contribution >= 0.6 is 0 Å². The molecule has 0 aliphatic heterocycles. The van der Waals surface area contributed by atoms with Crippen molar-refractivity contribution in [2.75, 3.05) is 0 Å². The maximum atomic E-state index is 13.4. The van der Waals surface area contributed by atoms with Crippen molar-refractivity contribution >= 4 is 16.8 Å². The first-order chi connectivity index (χ1) is 11.8. The van der Waals surface area contributed by atoms with Gasteiger partial charge in [0.05, 0.1) is 28.5 Å². The summed E-state index contributed by atoms with van der Waals surface area (Å²) in [6.45, 7) is 0. The normalized spacial score (nSPS) is 12.5. The molecule has 0 unspecified atom stereocenters. The minimum atomic E-state index is -4.65. The summed E-state index contributed by atoms with van der Waals surface area (Å²) in [5.41, 5.74) is -1.60. The van der Waals surface area contributed by atoms with Crippen molar-refractivity contribution in [1.82, 2.24) is 14.5 Å². The molecule has 0 spiro atoms. The van der Waals surface area contributed by atoms with Crippen LogP contribution in [0.15, 0.2) is 53.9 Å². The Morgan fingerprint density at radius 1 is 1.16 bits per heavy atom. The average Bonchev–Trinajstić information content (AvgIpc) is 2.59. The Hall–Kier alpha value is -3.36. The van der Waals surface area contributed by atoms with Crippen LogP contribution in [0.5, 0.6) is 0 Å². The van der Waals surface area contributed by atoms with Crippen LogP contribution in [0.2, 0.25) is 0 Å². The predicted octanol–water partition coefficient (Wildman–Crippen LogP) is 3.21. The van der Waals surface area contributed by atoms with Gasteiger partial charge in [0.15, 0.2) is 11.2 Å². The van der Waals surface area contributed by atoms with E-state index in [9.17, 15) is 23.1 Å². The Labute approximate surface area is 138 Å². The van der Waals surface area contributed by atoms with Crippen molar-refractivity contribution in [3.05, 3.63) is 70.6 Å². The van der Waals surface area contributed by atoms with E-state index in [1.54, 1.807) is 0 Å². The van der Waals surface area contributed by atoms with Crippen LogP contribution in [-0.2, 0) is 6.18 Å². The minimum Gasteiger partial charge on any atom is -0.512 e. The molecule has 25 heavy (non-hydrogen) atoms. The van der Waals surface area contributed by atoms with Gasteiger partial charge in [0.2, 0.25) is 0 Å². The molecule has 0 saturated heterocycles. The highest BCUT2D eigenvalue weighted by atomic mass is 19.4. The van der Waals surface area contributed by atoms with Gasteiger partial charge in [-0.15, -0.1) is 0 Å². The number of rotatable bonds is 2. The SMILES string of the molecule is O=c1ccn(-c2cc3nc(C(O)=CO)cnc3cc2C(F)(F)F)cc1. The van der Waals surface area contributed by atoms with Crippen LogP contribution in [0.3, 0.4) is 0 Å². The second-order valence-corrected chi connectivity index (χ2v) is 5.07. The quantitative estimate of drug-likeness (QED) is 0.694. The molecule has 2 N–H and O–H groups in total. The molecule has 0 fully saturated rings. The molecule has 0 aliphatic carbocycles. The Morgan fingerprint density at radius 2 is 1.84 bits per heavy atom. The number of alkyl halides is 3. The third-order valence-electron chi connectivity index (χ3n) is 3.43. The average molecular weight is 349 g/mol. The first-order valence-corrected chi connectivity index (χ1v) is 6.90. The molecule has 0 atom stereocenters. The zero-order chi connectivity index (χ0) is 18.2. The molecular formula is C16H10F3N3O3. The van der Waals surface area contributed by atoms with Crippen molar-refractivity contribution in [3.63, 3.8) is 0 Å². The van der Waals surface area contributed by atoms with Crippen LogP contribution < -0.4 is 5.43 Å². The van der Waals surface area contributed by atoms with Crippen molar-refractivity contribution in [2.24, 2.45) is 0 Å². The van der Waals surface area contributed by atoms with E-state index >= 15 is 0 Å². The van der Waals surface area contributed by atoms with Crippen molar-refractivity contribution in [2.45, 2.75) is 6.18 Å². The fraction of sp³-hybridized carbons (Fsp3) is 0.0625. The molecule has 0 saturated carbocycles. The highest BCUT2D eigenvalue weighted by Crippen LogP contribution is 2.35. The predicted molar refractivity (Wildman–Crippen MR) is 83.4 cm³/mol. The second kappa shape index (κ2) is 5.93. The van der Waals surface area contributed by atoms with Gasteiger partial charge in [-0.05, 0) is 12.1 Å². The number of halogens is 3. The van der Waals surface area contributed by atoms with E-state index < -0.39 is 17.5 Å². The summed E-state index contributed by atoms with van der Waals surface area (Å²) in [6, 6.07) is 4.24. The van der Waals surface area contributed by atoms with E-state index in [4.69, 9.17) is 5.11 Å². The van der Waals surface area contributed by atoms with Crippen LogP contribution in [-0.4, -0.2) is 24.7 Å². The summed E-state index contributed by atoms with van der Waals surface area (Å²) in [4.78, 5) is 19.0. The van der Waals surface area contributed by atoms with Crippen LogP contribution in [0.4, 0.5) is 13.2 Å². The molecule has 3 aromatic rings. The van der Waals surface area contributed by atoms with Gasteiger partial charge in [0.1, 0.15) is 12.0 Å². The maximum absolute atomic E-state index is 13.4. The fourth-order valence-corrected chi connectivity index (χ4v) is 2.25. The molecule has 2 heterocycles. The number of hydrogen-bond donors (Lipinski definition) is 2. The third-order valence-corrected chi connectivity index (χ3v) is 3.43. The minimum absolute atomic E-state index is 0.0355. The number of aliphatic hydroxyl groups is 2. The molecule has 128 valence electrons. The number of aromatic nitrogens is 3. The zero-order valence-corrected chi connectivity index (χ0v) is 12.4. The Balaban J connectivity index is 2.31. The van der Waals surface area contributed by atoms with Gasteiger partial charge in [0, 0.05) is 24.5 Å². The summed E-state index contributed by atoms with van der Waals surface area (Å²) in [5.74, 6) is -0.570. The Bertz CT molecular complexity index is 1020. The largest absolute Gasteiger partial charge is 0.512 e. The van der Waals surface area contributed by atoms with E-state index in [1.807, 2.05) is 0 Å². The standard InChI is InChI=1S/C16H10F3N3O3/c17-16(18,19)10-5-11-12(21-13(7-20-11)15(25)8-23)6-14(10)22-3-1-9(24)2-4-22/h1-8,23,25H. The summed E-state index contributed by atoms with van der Waals surface area (Å²) < 4.78 is 41.3. The number of benzene rings is 1. The maximum Gasteiger partial charge on any atom is 0.418 e. The van der Waals surface area contributed by atoms with Crippen LogP contribution in [0.1, 0.15) is 11.3 Å². The second-order valence-electron chi connectivity index (χ2n) is 5.07. The molecule has 9 heteroatoms. The first-order valence-electron chi connectivity index (χ1n) is 6.90. The van der Waals surface area contributed by atoms with Gasteiger partial charge in [-0.25, -0.2) is 4.98 Å². The van der Waals surface area contributed by atoms with E-state index in [-0.39, 0.29) is 27.8 Å². The zero-order valence-electron chi connectivity index (χ0n) is 12.4. The molecular weight excluding hydrogens is 339 g/mol. The van der Waals surface area contributed by atoms with E-state index in [0.717, 1.165) is 35.0 Å². The monoisotopic (exact) mass is 349 g/mol. The molecule has 0 bridgehead atoms. The van der Waals surface area contributed by atoms with Gasteiger partial charge in [-0.1, -0.05) is 0 Å². The van der Waals surface area contributed by atoms with E-state index in [0.29, 0.717) is 6.26 Å². The fourth-order valence-electron chi connectivity index (χ4n) is 2.25. The van der Waals surface area contributed by atoms with Gasteiger partial charge in [-0.3, -0.25) is 9.78 Å². The highest BCUT2D eigenvalue weighted by Gasteiger charge is 2.34. The molecule has 2 aromatic heterocycles. The lowest BCUT2D eigenvalue weighted by atomic mass is 10.1. The molecule has 1 aromatic carbocycles. The van der Waals surface area contributed by atoms with Gasteiger partial charge in [0.25, 0.3) is 0 Å². The van der Waals surface area contributed by atoms with Gasteiger partial charge in [-0.2, -0.15) is 13.2 Å². The van der Waals surface area contributed by atoms with Crippen LogP contribution in [0.25, 0.3) is 22.5 Å². The molecule has 6 nitrogen and oxygen atoms in total. The summed E-state index contributed by atoms with van der Waals surface area (Å²) >= 11 is 0. The lowest BCUT2D eigenvalue weighted by molar-refractivity contribution is -0.137. The number of aliphatic hydroxyl groups excluding tert-OH is 2. The number of hydrogen-bond acceptors (Lipinski definition) is 5. The summed E-state index contributed by atoms with van der Waals surface area (Å²) in [5, 5.41) is 18.3. The molecule has 3 rings (SSSR count). The number of pyridine rings is 1. The van der Waals surface area contributed by atoms with Crippen molar-refractivity contribution in [1.29, 1.82) is 0 Å². The summed E-state index contributed by atoms with van der Waals surface area (Å²) in [7, 11) is 0. The molecule has 0 aliphatic rings. The van der Waals surface area contributed by atoms with Crippen molar-refractivity contribution in [3.8, 4) is 5.69 Å². The lowest BCUT2D eigenvalue weighted by Gasteiger charge is -2.16. The number of nitrogens with zero attached hydrogens (tertiary/aromatic N) is 3. The smallest absolute Gasteiger partial charge is 0.418 e. The third kappa shape index (κ3) is 3.16. The first kappa shape index (κ1) is 16.5. The van der Waals surface area contributed by atoms with Crippen molar-refractivity contribution < 1.29 is 23.4 Å². The Morgan fingerprint density at radius 3 is 2.44 bits per heavy atom. The topological polar surface area (TPSA) is 88.2 Å². The number of fused-ring (bicyclic) bond motifs is 1.